The van der Waals surface area contributed by atoms with Crippen molar-refractivity contribution in [2.45, 2.75) is 123 Å². The summed E-state index contributed by atoms with van der Waals surface area (Å²) >= 11 is 0. The van der Waals surface area contributed by atoms with E-state index in [1.807, 2.05) is 0 Å². The van der Waals surface area contributed by atoms with Gasteiger partial charge in [0.1, 0.15) is 6.10 Å². The topological polar surface area (TPSA) is 148 Å². The van der Waals surface area contributed by atoms with Crippen LogP contribution in [0.15, 0.2) is 0 Å². The first-order valence-corrected chi connectivity index (χ1v) is 11.7. The van der Waals surface area contributed by atoms with Crippen LogP contribution in [0.25, 0.3) is 0 Å². The van der Waals surface area contributed by atoms with Gasteiger partial charge >= 0.3 is 5.97 Å². The summed E-state index contributed by atoms with van der Waals surface area (Å²) in [6.45, 7) is 3.07. The summed E-state index contributed by atoms with van der Waals surface area (Å²) in [4.78, 5) is 10.3. The van der Waals surface area contributed by atoms with E-state index >= 15 is 0 Å². The molecule has 7 heteroatoms. The lowest BCUT2D eigenvalue weighted by atomic mass is 10.0. The third-order valence-corrected chi connectivity index (χ3v) is 4.42. The third-order valence-electron chi connectivity index (χ3n) is 4.42. The molecule has 0 aromatic carbocycles. The van der Waals surface area contributed by atoms with Crippen LogP contribution in [-0.2, 0) is 4.79 Å². The van der Waals surface area contributed by atoms with Gasteiger partial charge in [0.15, 0.2) is 0 Å². The normalized spacial score (nSPS) is 10.1. The van der Waals surface area contributed by atoms with Crippen molar-refractivity contribution in [3.05, 3.63) is 0 Å². The SMILES string of the molecule is CC(=N)N.CCCCCCCCCCCCCCCCCC(=O)O.OCC(O)CO. The molecule has 30 heavy (non-hydrogen) atoms. The second-order valence-corrected chi connectivity index (χ2v) is 7.80. The van der Waals surface area contributed by atoms with Crippen LogP contribution in [0.4, 0.5) is 0 Å². The molecule has 0 saturated carbocycles. The molecule has 0 saturated heterocycles. The molecular weight excluding hydrogens is 384 g/mol. The van der Waals surface area contributed by atoms with Gasteiger partial charge in [-0.05, 0) is 13.3 Å². The first kappa shape index (κ1) is 33.5. The molecule has 0 radical (unpaired) electrons. The molecule has 0 atom stereocenters. The minimum Gasteiger partial charge on any atom is -0.481 e. The molecule has 0 aromatic heterocycles. The van der Waals surface area contributed by atoms with Gasteiger partial charge in [0.25, 0.3) is 0 Å². The van der Waals surface area contributed by atoms with Crippen molar-refractivity contribution in [3.63, 3.8) is 0 Å². The quantitative estimate of drug-likeness (QED) is 0.105. The maximum absolute atomic E-state index is 10.3. The van der Waals surface area contributed by atoms with E-state index in [2.05, 4.69) is 6.92 Å². The number of aliphatic hydroxyl groups is 3. The van der Waals surface area contributed by atoms with Crippen molar-refractivity contribution in [1.29, 1.82) is 5.41 Å². The Hall–Kier alpha value is -1.18. The molecule has 0 heterocycles. The summed E-state index contributed by atoms with van der Waals surface area (Å²) in [5.41, 5.74) is 4.69. The molecule has 0 aliphatic carbocycles. The van der Waals surface area contributed by atoms with E-state index in [0.29, 0.717) is 6.42 Å². The smallest absolute Gasteiger partial charge is 0.303 e. The lowest BCUT2D eigenvalue weighted by Crippen LogP contribution is -2.15. The Bertz CT molecular complexity index is 346. The van der Waals surface area contributed by atoms with E-state index in [-0.39, 0.29) is 19.0 Å². The van der Waals surface area contributed by atoms with Crippen molar-refractivity contribution in [2.75, 3.05) is 13.2 Å². The molecule has 0 unspecified atom stereocenters. The van der Waals surface area contributed by atoms with Crippen LogP contribution in [0, 0.1) is 5.41 Å². The summed E-state index contributed by atoms with van der Waals surface area (Å²) in [5, 5.41) is 38.8. The van der Waals surface area contributed by atoms with Crippen molar-refractivity contribution in [3.8, 4) is 0 Å². The van der Waals surface area contributed by atoms with Gasteiger partial charge in [-0.15, -0.1) is 0 Å². The van der Waals surface area contributed by atoms with Gasteiger partial charge in [-0.25, -0.2) is 0 Å². The Kier molecular flexibility index (Phi) is 33.5. The molecule has 0 aliphatic heterocycles. The van der Waals surface area contributed by atoms with E-state index in [1.54, 1.807) is 0 Å². The summed E-state index contributed by atoms with van der Waals surface area (Å²) in [5.74, 6) is -0.486. The Labute approximate surface area is 184 Å². The predicted molar refractivity (Wildman–Crippen MR) is 125 cm³/mol. The highest BCUT2D eigenvalue weighted by molar-refractivity contribution is 5.73. The van der Waals surface area contributed by atoms with Gasteiger partial charge in [-0.1, -0.05) is 96.8 Å². The van der Waals surface area contributed by atoms with Gasteiger partial charge in [-0.2, -0.15) is 0 Å². The van der Waals surface area contributed by atoms with Crippen LogP contribution in [0.2, 0.25) is 0 Å². The average molecular weight is 435 g/mol. The van der Waals surface area contributed by atoms with E-state index in [0.717, 1.165) is 12.8 Å². The summed E-state index contributed by atoms with van der Waals surface area (Å²) in [6.07, 6.45) is 19.2. The molecule has 182 valence electrons. The van der Waals surface area contributed by atoms with Crippen molar-refractivity contribution in [2.24, 2.45) is 5.73 Å². The van der Waals surface area contributed by atoms with Crippen molar-refractivity contribution >= 4 is 11.8 Å². The number of amidine groups is 1. The maximum atomic E-state index is 10.3. The number of nitrogens with one attached hydrogen (secondary N) is 1. The van der Waals surface area contributed by atoms with E-state index in [4.69, 9.17) is 31.6 Å². The number of carboxylic acid groups (broad SMARTS) is 1. The minimum atomic E-state index is -0.954. The Balaban J connectivity index is -0.000000600. The second-order valence-electron chi connectivity index (χ2n) is 7.80. The summed E-state index contributed by atoms with van der Waals surface area (Å²) < 4.78 is 0. The Morgan fingerprint density at radius 3 is 1.23 bits per heavy atom. The number of nitrogens with two attached hydrogens (primary N) is 1. The molecule has 0 aromatic rings. The van der Waals surface area contributed by atoms with E-state index in [9.17, 15) is 4.79 Å². The molecule has 7 N–H and O–H groups in total. The van der Waals surface area contributed by atoms with Gasteiger partial charge in [0, 0.05) is 6.42 Å². The van der Waals surface area contributed by atoms with Crippen LogP contribution in [0.3, 0.4) is 0 Å². The number of aliphatic hydroxyl groups excluding tert-OH is 3. The average Bonchev–Trinajstić information content (AvgIpc) is 2.70. The van der Waals surface area contributed by atoms with Crippen LogP contribution < -0.4 is 5.73 Å². The third kappa shape index (κ3) is 45.5. The fraction of sp³-hybridized carbons (Fsp3) is 0.913. The zero-order valence-electron chi connectivity index (χ0n) is 19.6. The molecule has 0 bridgehead atoms. The molecule has 0 fully saturated rings. The van der Waals surface area contributed by atoms with Crippen molar-refractivity contribution in [1.82, 2.24) is 0 Å². The predicted octanol–water partition coefficient (Wildman–Crippen LogP) is 4.61. The first-order chi connectivity index (χ1) is 14.3. The van der Waals surface area contributed by atoms with Gasteiger partial charge in [-0.3, -0.25) is 10.2 Å². The summed E-state index contributed by atoms with van der Waals surface area (Å²) in [7, 11) is 0. The molecule has 0 rings (SSSR count). The van der Waals surface area contributed by atoms with Gasteiger partial charge in [0.2, 0.25) is 0 Å². The fourth-order valence-corrected chi connectivity index (χ4v) is 2.71. The fourth-order valence-electron chi connectivity index (χ4n) is 2.71. The monoisotopic (exact) mass is 434 g/mol. The highest BCUT2D eigenvalue weighted by Gasteiger charge is 1.97. The number of hydrogen-bond donors (Lipinski definition) is 6. The molecule has 0 amide bonds. The van der Waals surface area contributed by atoms with Crippen LogP contribution in [0.5, 0.6) is 0 Å². The number of rotatable bonds is 18. The second kappa shape index (κ2) is 30.0. The van der Waals surface area contributed by atoms with Crippen LogP contribution in [-0.4, -0.2) is 51.5 Å². The first-order valence-electron chi connectivity index (χ1n) is 11.7. The molecule has 0 aliphatic rings. The zero-order chi connectivity index (χ0) is 23.5. The number of unbranched alkanes of at least 4 members (excludes halogenated alkanes) is 14. The van der Waals surface area contributed by atoms with Crippen molar-refractivity contribution < 1.29 is 25.2 Å². The Morgan fingerprint density at radius 1 is 0.767 bits per heavy atom. The number of hydrogen-bond acceptors (Lipinski definition) is 5. The minimum absolute atomic E-state index is 0.167. The zero-order valence-corrected chi connectivity index (χ0v) is 19.6. The lowest BCUT2D eigenvalue weighted by Gasteiger charge is -2.03. The summed E-state index contributed by atoms with van der Waals surface area (Å²) in [6, 6.07) is 0. The molecule has 0 spiro atoms. The number of carboxylic acids is 1. The lowest BCUT2D eigenvalue weighted by molar-refractivity contribution is -0.137. The number of carbonyl (C=O) groups is 1. The largest absolute Gasteiger partial charge is 0.481 e. The van der Waals surface area contributed by atoms with Gasteiger partial charge in [0.05, 0.1) is 19.0 Å². The van der Waals surface area contributed by atoms with E-state index < -0.39 is 12.1 Å². The van der Waals surface area contributed by atoms with Crippen LogP contribution >= 0.6 is 0 Å². The van der Waals surface area contributed by atoms with Gasteiger partial charge < -0.3 is 26.2 Å². The molecule has 7 nitrogen and oxygen atoms in total. The van der Waals surface area contributed by atoms with E-state index in [1.165, 1.54) is 90.4 Å². The Morgan fingerprint density at radius 2 is 1.03 bits per heavy atom. The maximum Gasteiger partial charge on any atom is 0.303 e. The van der Waals surface area contributed by atoms with Crippen LogP contribution in [0.1, 0.15) is 117 Å². The number of aliphatic carboxylic acids is 1. The highest BCUT2D eigenvalue weighted by Crippen LogP contribution is 2.13. The molecular formula is C23H50N2O5. The highest BCUT2D eigenvalue weighted by atomic mass is 16.4. The standard InChI is InChI=1S/C18H36O2.C3H8O3.C2H6N2/c1-2-3-4-5-6-7-8-9-10-11-12-13-14-15-16-17-18(19)20;4-1-3(6)2-5;1-2(3)4/h2-17H2,1H3,(H,19,20);3-6H,1-2H2;1H3,(H3,3,4).